The lowest BCUT2D eigenvalue weighted by Crippen LogP contribution is -2.46. The Bertz CT molecular complexity index is 1230. The van der Waals surface area contributed by atoms with Crippen LogP contribution in [0.25, 0.3) is 0 Å². The lowest BCUT2D eigenvalue weighted by Gasteiger charge is -2.40. The van der Waals surface area contributed by atoms with Gasteiger partial charge in [0.1, 0.15) is 18.1 Å². The standard InChI is InChI=1S/C27H27NO8/c1-32-19-10-8-18(9-11-19)28-23(29)13-12-21(24(28)20-6-4-5-7-22(20)33-2)26(30)36-16-17-14-15-35-25(17)27(31)34-3/h4-11,14-15,21,24H,12-13,16H2,1-3H3/t21-,24-/m1/s1. The first-order valence-electron chi connectivity index (χ1n) is 11.4. The third-order valence-electron chi connectivity index (χ3n) is 6.20. The van der Waals surface area contributed by atoms with E-state index >= 15 is 0 Å². The van der Waals surface area contributed by atoms with Gasteiger partial charge in [0.15, 0.2) is 0 Å². The number of carbonyl (C=O) groups excluding carboxylic acids is 3. The largest absolute Gasteiger partial charge is 0.497 e. The molecule has 36 heavy (non-hydrogen) atoms. The molecule has 2 aromatic carbocycles. The maximum Gasteiger partial charge on any atom is 0.374 e. The van der Waals surface area contributed by atoms with Crippen molar-refractivity contribution in [1.29, 1.82) is 0 Å². The summed E-state index contributed by atoms with van der Waals surface area (Å²) in [5, 5.41) is 0. The van der Waals surface area contributed by atoms with Gasteiger partial charge in [0.05, 0.1) is 39.6 Å². The van der Waals surface area contributed by atoms with Crippen molar-refractivity contribution in [3.8, 4) is 11.5 Å². The van der Waals surface area contributed by atoms with Crippen molar-refractivity contribution in [2.75, 3.05) is 26.2 Å². The van der Waals surface area contributed by atoms with Crippen LogP contribution in [0.1, 0.15) is 40.6 Å². The number of anilines is 1. The molecule has 1 aliphatic heterocycles. The summed E-state index contributed by atoms with van der Waals surface area (Å²) >= 11 is 0. The van der Waals surface area contributed by atoms with E-state index in [0.29, 0.717) is 34.7 Å². The molecule has 1 aromatic heterocycles. The monoisotopic (exact) mass is 493 g/mol. The van der Waals surface area contributed by atoms with Gasteiger partial charge in [0.2, 0.25) is 11.7 Å². The molecule has 1 aliphatic rings. The fourth-order valence-corrected chi connectivity index (χ4v) is 4.43. The third-order valence-corrected chi connectivity index (χ3v) is 6.20. The molecule has 1 amide bonds. The smallest absolute Gasteiger partial charge is 0.374 e. The van der Waals surface area contributed by atoms with E-state index in [1.54, 1.807) is 55.5 Å². The van der Waals surface area contributed by atoms with Gasteiger partial charge in [-0.25, -0.2) is 4.79 Å². The zero-order valence-electron chi connectivity index (χ0n) is 20.3. The van der Waals surface area contributed by atoms with Crippen molar-refractivity contribution in [2.45, 2.75) is 25.5 Å². The zero-order chi connectivity index (χ0) is 25.7. The number of hydrogen-bond acceptors (Lipinski definition) is 8. The van der Waals surface area contributed by atoms with Crippen molar-refractivity contribution < 1.29 is 37.7 Å². The Kier molecular flexibility index (Phi) is 7.58. The number of methoxy groups -OCH3 is 3. The maximum atomic E-state index is 13.4. The van der Waals surface area contributed by atoms with Crippen LogP contribution in [0.5, 0.6) is 11.5 Å². The number of piperidine rings is 1. The Morgan fingerprint density at radius 3 is 2.44 bits per heavy atom. The number of nitrogens with zero attached hydrogens (tertiary/aromatic N) is 1. The van der Waals surface area contributed by atoms with E-state index in [2.05, 4.69) is 0 Å². The van der Waals surface area contributed by atoms with Crippen LogP contribution in [0.2, 0.25) is 0 Å². The molecule has 0 spiro atoms. The van der Waals surface area contributed by atoms with Crippen molar-refractivity contribution in [3.05, 3.63) is 77.7 Å². The second-order valence-corrected chi connectivity index (χ2v) is 8.17. The number of furan rings is 1. The zero-order valence-corrected chi connectivity index (χ0v) is 20.3. The molecule has 1 fully saturated rings. The molecule has 3 aromatic rings. The van der Waals surface area contributed by atoms with E-state index in [1.165, 1.54) is 13.4 Å². The van der Waals surface area contributed by atoms with Crippen LogP contribution < -0.4 is 14.4 Å². The van der Waals surface area contributed by atoms with E-state index in [0.717, 1.165) is 0 Å². The highest BCUT2D eigenvalue weighted by Gasteiger charge is 2.43. The Labute approximate surface area is 208 Å². The molecule has 0 unspecified atom stereocenters. The molecule has 9 nitrogen and oxygen atoms in total. The second kappa shape index (κ2) is 11.0. The summed E-state index contributed by atoms with van der Waals surface area (Å²) in [6.45, 7) is -0.175. The minimum absolute atomic E-state index is 0.0229. The summed E-state index contributed by atoms with van der Waals surface area (Å²) in [5.74, 6) is -0.797. The van der Waals surface area contributed by atoms with Crippen molar-refractivity contribution in [2.24, 2.45) is 5.92 Å². The van der Waals surface area contributed by atoms with Crippen molar-refractivity contribution in [3.63, 3.8) is 0 Å². The number of carbonyl (C=O) groups is 3. The predicted molar refractivity (Wildman–Crippen MR) is 129 cm³/mol. The molecular formula is C27H27NO8. The maximum absolute atomic E-state index is 13.4. The number of rotatable bonds is 8. The Morgan fingerprint density at radius 2 is 1.75 bits per heavy atom. The molecule has 188 valence electrons. The number of para-hydroxylation sites is 1. The van der Waals surface area contributed by atoms with Crippen molar-refractivity contribution in [1.82, 2.24) is 0 Å². The molecule has 0 saturated carbocycles. The quantitative estimate of drug-likeness (QED) is 0.428. The van der Waals surface area contributed by atoms with Crippen LogP contribution in [0.15, 0.2) is 65.3 Å². The van der Waals surface area contributed by atoms with Crippen LogP contribution >= 0.6 is 0 Å². The van der Waals surface area contributed by atoms with Gasteiger partial charge in [-0.3, -0.25) is 9.59 Å². The van der Waals surface area contributed by atoms with Gasteiger partial charge in [-0.05, 0) is 42.8 Å². The summed E-state index contributed by atoms with van der Waals surface area (Å²) in [4.78, 5) is 40.2. The average molecular weight is 494 g/mol. The molecular weight excluding hydrogens is 466 g/mol. The lowest BCUT2D eigenvalue weighted by atomic mass is 9.83. The predicted octanol–water partition coefficient (Wildman–Crippen LogP) is 4.31. The first-order valence-corrected chi connectivity index (χ1v) is 11.4. The molecule has 2 atom stereocenters. The average Bonchev–Trinajstić information content (AvgIpc) is 3.40. The fraction of sp³-hybridized carbons (Fsp3) is 0.296. The highest BCUT2D eigenvalue weighted by molar-refractivity contribution is 5.97. The molecule has 1 saturated heterocycles. The second-order valence-electron chi connectivity index (χ2n) is 8.17. The van der Waals surface area contributed by atoms with Gasteiger partial charge in [0.25, 0.3) is 0 Å². The van der Waals surface area contributed by atoms with Gasteiger partial charge >= 0.3 is 11.9 Å². The molecule has 0 aliphatic carbocycles. The topological polar surface area (TPSA) is 105 Å². The number of amides is 1. The Hall–Kier alpha value is -4.27. The fourth-order valence-electron chi connectivity index (χ4n) is 4.43. The normalized spacial score (nSPS) is 17.4. The van der Waals surface area contributed by atoms with Gasteiger partial charge in [-0.2, -0.15) is 0 Å². The lowest BCUT2D eigenvalue weighted by molar-refractivity contribution is -0.152. The number of hydrogen-bond donors (Lipinski definition) is 0. The van der Waals surface area contributed by atoms with Gasteiger partial charge < -0.3 is 28.3 Å². The third kappa shape index (κ3) is 4.91. The molecule has 0 N–H and O–H groups in total. The minimum Gasteiger partial charge on any atom is -0.497 e. The van der Waals surface area contributed by atoms with Crippen LogP contribution in [0.3, 0.4) is 0 Å². The van der Waals surface area contributed by atoms with Gasteiger partial charge in [0, 0.05) is 23.2 Å². The van der Waals surface area contributed by atoms with E-state index in [-0.39, 0.29) is 24.7 Å². The van der Waals surface area contributed by atoms with Crippen LogP contribution in [-0.2, 0) is 25.7 Å². The van der Waals surface area contributed by atoms with E-state index in [1.807, 2.05) is 18.2 Å². The van der Waals surface area contributed by atoms with Crippen LogP contribution in [-0.4, -0.2) is 39.2 Å². The molecule has 0 radical (unpaired) electrons. The van der Waals surface area contributed by atoms with E-state index in [4.69, 9.17) is 23.4 Å². The van der Waals surface area contributed by atoms with Gasteiger partial charge in [-0.1, -0.05) is 18.2 Å². The first-order chi connectivity index (χ1) is 17.5. The highest BCUT2D eigenvalue weighted by Crippen LogP contribution is 2.43. The van der Waals surface area contributed by atoms with Crippen molar-refractivity contribution >= 4 is 23.5 Å². The summed E-state index contributed by atoms with van der Waals surface area (Å²) in [6.07, 6.45) is 1.79. The summed E-state index contributed by atoms with van der Waals surface area (Å²) in [6, 6.07) is 15.2. The molecule has 2 heterocycles. The number of ether oxygens (including phenoxy) is 4. The number of benzene rings is 2. The molecule has 4 rings (SSSR count). The van der Waals surface area contributed by atoms with E-state index < -0.39 is 23.9 Å². The molecule has 0 bridgehead atoms. The summed E-state index contributed by atoms with van der Waals surface area (Å²) in [5.41, 5.74) is 1.70. The van der Waals surface area contributed by atoms with E-state index in [9.17, 15) is 14.4 Å². The Morgan fingerprint density at radius 1 is 1.00 bits per heavy atom. The van der Waals surface area contributed by atoms with Crippen LogP contribution in [0, 0.1) is 5.92 Å². The SMILES string of the molecule is COC(=O)c1occc1COC(=O)[C@@H]1CCC(=O)N(c2ccc(OC)cc2)[C@@H]1c1ccccc1OC. The van der Waals surface area contributed by atoms with Crippen LogP contribution in [0.4, 0.5) is 5.69 Å². The first kappa shape index (κ1) is 24.8. The Balaban J connectivity index is 1.68. The summed E-state index contributed by atoms with van der Waals surface area (Å²) in [7, 11) is 4.35. The number of esters is 2. The van der Waals surface area contributed by atoms with Gasteiger partial charge in [-0.15, -0.1) is 0 Å². The molecule has 9 heteroatoms. The summed E-state index contributed by atoms with van der Waals surface area (Å²) < 4.78 is 26.4. The highest BCUT2D eigenvalue weighted by atomic mass is 16.5. The minimum atomic E-state index is -0.686.